The zero-order valence-corrected chi connectivity index (χ0v) is 12.0. The molecule has 20 heavy (non-hydrogen) atoms. The zero-order chi connectivity index (χ0) is 14.4. The van der Waals surface area contributed by atoms with Gasteiger partial charge in [-0.25, -0.2) is 9.87 Å². The van der Waals surface area contributed by atoms with E-state index in [9.17, 15) is 4.39 Å². The molecule has 2 N–H and O–H groups in total. The van der Waals surface area contributed by atoms with Crippen molar-refractivity contribution in [1.29, 1.82) is 0 Å². The van der Waals surface area contributed by atoms with E-state index in [4.69, 9.17) is 28.7 Å². The fraction of sp³-hybridized carbons (Fsp3) is 0.0714. The lowest BCUT2D eigenvalue weighted by Crippen LogP contribution is -2.28. The molecule has 0 aliphatic rings. The van der Waals surface area contributed by atoms with Gasteiger partial charge in [0.2, 0.25) is 0 Å². The largest absolute Gasteiger partial charge is 0.331 e. The molecule has 0 heterocycles. The summed E-state index contributed by atoms with van der Waals surface area (Å²) >= 11 is 10.7. The van der Waals surface area contributed by atoms with Gasteiger partial charge < -0.3 is 5.32 Å². The van der Waals surface area contributed by atoms with Crippen molar-refractivity contribution in [3.8, 4) is 0 Å². The van der Waals surface area contributed by atoms with Crippen molar-refractivity contribution in [1.82, 2.24) is 5.48 Å². The van der Waals surface area contributed by atoms with Gasteiger partial charge in [-0.3, -0.25) is 4.84 Å². The summed E-state index contributed by atoms with van der Waals surface area (Å²) < 4.78 is 13.0. The maximum Gasteiger partial charge on any atom is 0.195 e. The third-order valence-corrected chi connectivity index (χ3v) is 2.90. The lowest BCUT2D eigenvalue weighted by molar-refractivity contribution is 0.0728. The lowest BCUT2D eigenvalue weighted by atomic mass is 10.2. The number of halogens is 2. The minimum absolute atomic E-state index is 0.0306. The van der Waals surface area contributed by atoms with Crippen LogP contribution in [0, 0.1) is 5.82 Å². The summed E-state index contributed by atoms with van der Waals surface area (Å²) in [6, 6.07) is 13.9. The number of anilines is 1. The van der Waals surface area contributed by atoms with Crippen LogP contribution in [-0.2, 0) is 11.4 Å². The number of nitrogens with one attached hydrogen (secondary N) is 2. The summed E-state index contributed by atoms with van der Waals surface area (Å²) in [6.07, 6.45) is 0. The van der Waals surface area contributed by atoms with Crippen LogP contribution in [-0.4, -0.2) is 5.11 Å². The lowest BCUT2D eigenvalue weighted by Gasteiger charge is -2.11. The van der Waals surface area contributed by atoms with Crippen LogP contribution < -0.4 is 10.8 Å². The number of benzene rings is 2. The second-order valence-corrected chi connectivity index (χ2v) is 4.77. The second-order valence-electron chi connectivity index (χ2n) is 3.96. The molecule has 0 atom stereocenters. The Kier molecular flexibility index (Phi) is 5.29. The van der Waals surface area contributed by atoms with Crippen molar-refractivity contribution in [2.24, 2.45) is 0 Å². The first-order chi connectivity index (χ1) is 9.65. The van der Waals surface area contributed by atoms with Crippen molar-refractivity contribution in [3.63, 3.8) is 0 Å². The highest BCUT2D eigenvalue weighted by molar-refractivity contribution is 7.80. The van der Waals surface area contributed by atoms with E-state index in [0.717, 1.165) is 5.56 Å². The molecule has 0 aromatic heterocycles. The van der Waals surface area contributed by atoms with Crippen LogP contribution in [0.2, 0.25) is 5.02 Å². The van der Waals surface area contributed by atoms with E-state index >= 15 is 0 Å². The van der Waals surface area contributed by atoms with E-state index < -0.39 is 5.82 Å². The van der Waals surface area contributed by atoms with E-state index in [1.807, 2.05) is 30.3 Å². The zero-order valence-electron chi connectivity index (χ0n) is 10.4. The maximum atomic E-state index is 13.0. The first kappa shape index (κ1) is 14.7. The van der Waals surface area contributed by atoms with Gasteiger partial charge in [-0.15, -0.1) is 0 Å². The monoisotopic (exact) mass is 310 g/mol. The predicted octanol–water partition coefficient (Wildman–Crippen LogP) is 3.90. The van der Waals surface area contributed by atoms with Gasteiger partial charge in [-0.05, 0) is 36.0 Å². The number of hydrogen-bond acceptors (Lipinski definition) is 2. The van der Waals surface area contributed by atoms with Gasteiger partial charge in [0, 0.05) is 5.69 Å². The molecule has 0 aliphatic carbocycles. The van der Waals surface area contributed by atoms with Gasteiger partial charge in [-0.1, -0.05) is 41.9 Å². The highest BCUT2D eigenvalue weighted by Crippen LogP contribution is 2.19. The molecule has 6 heteroatoms. The fourth-order valence-corrected chi connectivity index (χ4v) is 1.85. The minimum atomic E-state index is -0.476. The molecule has 0 spiro atoms. The van der Waals surface area contributed by atoms with Crippen LogP contribution >= 0.6 is 23.8 Å². The Morgan fingerprint density at radius 3 is 2.65 bits per heavy atom. The van der Waals surface area contributed by atoms with E-state index in [-0.39, 0.29) is 10.1 Å². The van der Waals surface area contributed by atoms with Crippen molar-refractivity contribution in [3.05, 3.63) is 64.9 Å². The van der Waals surface area contributed by atoms with Gasteiger partial charge >= 0.3 is 0 Å². The smallest absolute Gasteiger partial charge is 0.195 e. The van der Waals surface area contributed by atoms with Gasteiger partial charge in [0.15, 0.2) is 5.11 Å². The minimum Gasteiger partial charge on any atom is -0.331 e. The maximum absolute atomic E-state index is 13.0. The standard InChI is InChI=1S/C14H12ClFN2OS/c15-12-8-11(6-7-13(12)16)17-14(20)18-19-9-10-4-2-1-3-5-10/h1-8H,9H2,(H2,17,18,20). The Balaban J connectivity index is 1.79. The summed E-state index contributed by atoms with van der Waals surface area (Å²) in [4.78, 5) is 5.25. The molecule has 0 fully saturated rings. The third kappa shape index (κ3) is 4.45. The molecule has 2 aromatic carbocycles. The van der Waals surface area contributed by atoms with Gasteiger partial charge in [0.25, 0.3) is 0 Å². The highest BCUT2D eigenvalue weighted by Gasteiger charge is 2.02. The molecule has 2 aromatic rings. The van der Waals surface area contributed by atoms with Gasteiger partial charge in [-0.2, -0.15) is 0 Å². The molecule has 0 bridgehead atoms. The van der Waals surface area contributed by atoms with Crippen LogP contribution in [0.15, 0.2) is 48.5 Å². The van der Waals surface area contributed by atoms with Crippen LogP contribution in [0.4, 0.5) is 10.1 Å². The van der Waals surface area contributed by atoms with Gasteiger partial charge in [0.05, 0.1) is 11.6 Å². The number of hydroxylamine groups is 1. The fourth-order valence-electron chi connectivity index (χ4n) is 1.49. The molecule has 104 valence electrons. The molecular weight excluding hydrogens is 299 g/mol. The molecule has 0 radical (unpaired) electrons. The van der Waals surface area contributed by atoms with E-state index in [2.05, 4.69) is 10.8 Å². The van der Waals surface area contributed by atoms with E-state index in [1.165, 1.54) is 18.2 Å². The molecule has 0 saturated heterocycles. The number of thiocarbonyl (C=S) groups is 1. The molecule has 3 nitrogen and oxygen atoms in total. The Morgan fingerprint density at radius 1 is 1.20 bits per heavy atom. The van der Waals surface area contributed by atoms with E-state index in [1.54, 1.807) is 0 Å². The molecule has 0 unspecified atom stereocenters. The molecule has 0 aliphatic heterocycles. The molecular formula is C14H12ClFN2OS. The Morgan fingerprint density at radius 2 is 1.95 bits per heavy atom. The van der Waals surface area contributed by atoms with Crippen molar-refractivity contribution in [2.75, 3.05) is 5.32 Å². The summed E-state index contributed by atoms with van der Waals surface area (Å²) in [5.41, 5.74) is 4.20. The Hall–Kier alpha value is -1.69. The summed E-state index contributed by atoms with van der Waals surface area (Å²) in [6.45, 7) is 0.382. The first-order valence-corrected chi connectivity index (χ1v) is 6.61. The van der Waals surface area contributed by atoms with Crippen molar-refractivity contribution < 1.29 is 9.23 Å². The van der Waals surface area contributed by atoms with Crippen LogP contribution in [0.3, 0.4) is 0 Å². The summed E-state index contributed by atoms with van der Waals surface area (Å²) in [5.74, 6) is -0.476. The quantitative estimate of drug-likeness (QED) is 0.663. The molecule has 0 amide bonds. The van der Waals surface area contributed by atoms with E-state index in [0.29, 0.717) is 12.3 Å². The van der Waals surface area contributed by atoms with Crippen molar-refractivity contribution >= 4 is 34.6 Å². The Labute approximate surface area is 126 Å². The normalized spacial score (nSPS) is 10.1. The number of rotatable bonds is 4. The van der Waals surface area contributed by atoms with Crippen LogP contribution in [0.1, 0.15) is 5.56 Å². The summed E-state index contributed by atoms with van der Waals surface area (Å²) in [7, 11) is 0. The topological polar surface area (TPSA) is 33.3 Å². The van der Waals surface area contributed by atoms with Crippen LogP contribution in [0.5, 0.6) is 0 Å². The van der Waals surface area contributed by atoms with Crippen LogP contribution in [0.25, 0.3) is 0 Å². The molecule has 0 saturated carbocycles. The highest BCUT2D eigenvalue weighted by atomic mass is 35.5. The molecule has 2 rings (SSSR count). The van der Waals surface area contributed by atoms with Gasteiger partial charge in [0.1, 0.15) is 5.82 Å². The van der Waals surface area contributed by atoms with Crippen molar-refractivity contribution in [2.45, 2.75) is 6.61 Å². The average Bonchev–Trinajstić information content (AvgIpc) is 2.44. The SMILES string of the molecule is Fc1ccc(NC(=S)NOCc2ccccc2)cc1Cl. The average molecular weight is 311 g/mol. The second kappa shape index (κ2) is 7.19. The number of hydrogen-bond donors (Lipinski definition) is 2. The Bertz CT molecular complexity index is 595. The predicted molar refractivity (Wildman–Crippen MR) is 82.0 cm³/mol. The summed E-state index contributed by atoms with van der Waals surface area (Å²) in [5, 5.41) is 3.14. The first-order valence-electron chi connectivity index (χ1n) is 5.83. The third-order valence-electron chi connectivity index (χ3n) is 2.42.